The van der Waals surface area contributed by atoms with Crippen LogP contribution in [0.5, 0.6) is 0 Å². The van der Waals surface area contributed by atoms with E-state index in [0.717, 1.165) is 37.7 Å². The van der Waals surface area contributed by atoms with Gasteiger partial charge in [0.2, 0.25) is 0 Å². The first-order valence-corrected chi connectivity index (χ1v) is 10.9. The van der Waals surface area contributed by atoms with Crippen LogP contribution in [0.3, 0.4) is 0 Å². The highest BCUT2D eigenvalue weighted by atomic mass is 19.1. The number of nitrogens with one attached hydrogen (secondary N) is 2. The summed E-state index contributed by atoms with van der Waals surface area (Å²) in [6.45, 7) is 9.72. The molecule has 2 aromatic carbocycles. The molecule has 0 aliphatic carbocycles. The summed E-state index contributed by atoms with van der Waals surface area (Å²) in [7, 11) is 2.20. The van der Waals surface area contributed by atoms with E-state index in [2.05, 4.69) is 56.7 Å². The van der Waals surface area contributed by atoms with Crippen molar-refractivity contribution in [2.24, 2.45) is 4.99 Å². The van der Waals surface area contributed by atoms with Gasteiger partial charge in [-0.2, -0.15) is 0 Å². The molecule has 1 heterocycles. The Morgan fingerprint density at radius 3 is 2.33 bits per heavy atom. The van der Waals surface area contributed by atoms with Crippen LogP contribution in [0.15, 0.2) is 53.5 Å². The highest BCUT2D eigenvalue weighted by molar-refractivity contribution is 5.79. The second-order valence-corrected chi connectivity index (χ2v) is 7.92. The zero-order valence-electron chi connectivity index (χ0n) is 18.2. The van der Waals surface area contributed by atoms with Gasteiger partial charge in [0.05, 0.1) is 6.54 Å². The van der Waals surface area contributed by atoms with Crippen molar-refractivity contribution in [3.05, 3.63) is 71.0 Å². The SMILES string of the molecule is CCNC(=NCc1ccc(F)cc1)NCc1ccc(CN2CCCN(C)CC2)cc1. The van der Waals surface area contributed by atoms with Crippen molar-refractivity contribution >= 4 is 5.96 Å². The Morgan fingerprint density at radius 1 is 0.900 bits per heavy atom. The molecule has 0 unspecified atom stereocenters. The highest BCUT2D eigenvalue weighted by Crippen LogP contribution is 2.10. The predicted octanol–water partition coefficient (Wildman–Crippen LogP) is 3.22. The van der Waals surface area contributed by atoms with E-state index in [1.54, 1.807) is 12.1 Å². The number of benzene rings is 2. The van der Waals surface area contributed by atoms with Gasteiger partial charge in [-0.3, -0.25) is 4.90 Å². The van der Waals surface area contributed by atoms with Crippen LogP contribution in [-0.4, -0.2) is 55.5 Å². The molecule has 6 heteroatoms. The van der Waals surface area contributed by atoms with Crippen molar-refractivity contribution < 1.29 is 4.39 Å². The molecule has 2 N–H and O–H groups in total. The summed E-state index contributed by atoms with van der Waals surface area (Å²) in [6.07, 6.45) is 1.24. The molecule has 0 saturated carbocycles. The van der Waals surface area contributed by atoms with Crippen LogP contribution in [0.4, 0.5) is 4.39 Å². The Morgan fingerprint density at radius 2 is 1.60 bits per heavy atom. The molecule has 5 nitrogen and oxygen atoms in total. The van der Waals surface area contributed by atoms with Crippen molar-refractivity contribution in [1.29, 1.82) is 0 Å². The van der Waals surface area contributed by atoms with Crippen molar-refractivity contribution in [1.82, 2.24) is 20.4 Å². The molecule has 0 bridgehead atoms. The van der Waals surface area contributed by atoms with Gasteiger partial charge in [-0.15, -0.1) is 0 Å². The number of likely N-dealkylation sites (N-methyl/N-ethyl adjacent to an activating group) is 1. The van der Waals surface area contributed by atoms with Gasteiger partial charge in [0.15, 0.2) is 5.96 Å². The largest absolute Gasteiger partial charge is 0.357 e. The van der Waals surface area contributed by atoms with Crippen molar-refractivity contribution in [3.8, 4) is 0 Å². The lowest BCUT2D eigenvalue weighted by Gasteiger charge is -2.20. The second kappa shape index (κ2) is 11.7. The first-order valence-electron chi connectivity index (χ1n) is 10.9. The van der Waals surface area contributed by atoms with E-state index in [-0.39, 0.29) is 5.82 Å². The number of nitrogens with zero attached hydrogens (tertiary/aromatic N) is 3. The fourth-order valence-corrected chi connectivity index (χ4v) is 3.57. The summed E-state index contributed by atoms with van der Waals surface area (Å²) in [4.78, 5) is 9.55. The van der Waals surface area contributed by atoms with Crippen molar-refractivity contribution in [3.63, 3.8) is 0 Å². The molecular formula is C24H34FN5. The van der Waals surface area contributed by atoms with Crippen LogP contribution in [0.1, 0.15) is 30.0 Å². The topological polar surface area (TPSA) is 42.9 Å². The zero-order valence-corrected chi connectivity index (χ0v) is 18.2. The minimum Gasteiger partial charge on any atom is -0.357 e. The maximum absolute atomic E-state index is 13.0. The van der Waals surface area contributed by atoms with Crippen LogP contribution in [-0.2, 0) is 19.6 Å². The van der Waals surface area contributed by atoms with E-state index in [1.165, 1.54) is 42.8 Å². The number of halogens is 1. The van der Waals surface area contributed by atoms with Gasteiger partial charge in [-0.25, -0.2) is 9.38 Å². The van der Waals surface area contributed by atoms with Gasteiger partial charge in [0.1, 0.15) is 5.82 Å². The smallest absolute Gasteiger partial charge is 0.191 e. The lowest BCUT2D eigenvalue weighted by atomic mass is 10.1. The Labute approximate surface area is 180 Å². The van der Waals surface area contributed by atoms with Crippen LogP contribution in [0.25, 0.3) is 0 Å². The third kappa shape index (κ3) is 7.43. The number of guanidine groups is 1. The first kappa shape index (κ1) is 22.2. The van der Waals surface area contributed by atoms with Gasteiger partial charge in [-0.1, -0.05) is 36.4 Å². The molecule has 1 saturated heterocycles. The minimum atomic E-state index is -0.223. The van der Waals surface area contributed by atoms with Gasteiger partial charge < -0.3 is 15.5 Å². The van der Waals surface area contributed by atoms with Crippen LogP contribution in [0, 0.1) is 5.82 Å². The van der Waals surface area contributed by atoms with Crippen molar-refractivity contribution in [2.45, 2.75) is 33.0 Å². The fourth-order valence-electron chi connectivity index (χ4n) is 3.57. The maximum Gasteiger partial charge on any atom is 0.191 e. The number of aliphatic imine (C=N–C) groups is 1. The van der Waals surface area contributed by atoms with Crippen molar-refractivity contribution in [2.75, 3.05) is 39.8 Å². The fraction of sp³-hybridized carbons (Fsp3) is 0.458. The van der Waals surface area contributed by atoms with Gasteiger partial charge >= 0.3 is 0 Å². The Bertz CT molecular complexity index is 788. The molecule has 2 aromatic rings. The van der Waals surface area contributed by atoms with Gasteiger partial charge in [0, 0.05) is 32.7 Å². The lowest BCUT2D eigenvalue weighted by Crippen LogP contribution is -2.36. The summed E-state index contributed by atoms with van der Waals surface area (Å²) in [5.41, 5.74) is 3.57. The molecule has 162 valence electrons. The van der Waals surface area contributed by atoms with Gasteiger partial charge in [-0.05, 0) is 62.3 Å². The quantitative estimate of drug-likeness (QED) is 0.542. The van der Waals surface area contributed by atoms with E-state index < -0.39 is 0 Å². The van der Waals surface area contributed by atoms with E-state index in [4.69, 9.17) is 0 Å². The summed E-state index contributed by atoms with van der Waals surface area (Å²) in [6, 6.07) is 15.3. The molecular weight excluding hydrogens is 377 g/mol. The minimum absolute atomic E-state index is 0.223. The third-order valence-corrected chi connectivity index (χ3v) is 5.38. The lowest BCUT2D eigenvalue weighted by molar-refractivity contribution is 0.269. The van der Waals surface area contributed by atoms with Crippen LogP contribution >= 0.6 is 0 Å². The Balaban J connectivity index is 1.50. The summed E-state index contributed by atoms with van der Waals surface area (Å²) < 4.78 is 13.0. The highest BCUT2D eigenvalue weighted by Gasteiger charge is 2.12. The Kier molecular flexibility index (Phi) is 8.66. The summed E-state index contributed by atoms with van der Waals surface area (Å²) >= 11 is 0. The number of hydrogen-bond donors (Lipinski definition) is 2. The van der Waals surface area contributed by atoms with Crippen LogP contribution < -0.4 is 10.6 Å². The molecule has 0 atom stereocenters. The molecule has 30 heavy (non-hydrogen) atoms. The average Bonchev–Trinajstić information content (AvgIpc) is 2.96. The molecule has 0 radical (unpaired) electrons. The molecule has 1 aliphatic rings. The van der Waals surface area contributed by atoms with E-state index in [0.29, 0.717) is 13.1 Å². The van der Waals surface area contributed by atoms with E-state index in [1.807, 2.05) is 6.92 Å². The molecule has 3 rings (SSSR count). The molecule has 1 fully saturated rings. The average molecular weight is 412 g/mol. The molecule has 0 spiro atoms. The van der Waals surface area contributed by atoms with E-state index >= 15 is 0 Å². The number of hydrogen-bond acceptors (Lipinski definition) is 3. The maximum atomic E-state index is 13.0. The molecule has 0 aromatic heterocycles. The van der Waals surface area contributed by atoms with Crippen LogP contribution in [0.2, 0.25) is 0 Å². The Hall–Kier alpha value is -2.44. The standard InChI is InChI=1S/C24H34FN5/c1-3-26-24(28-18-21-9-11-23(25)12-10-21)27-17-20-5-7-22(8-6-20)19-30-14-4-13-29(2)15-16-30/h5-12H,3-4,13-19H2,1-2H3,(H2,26,27,28). The second-order valence-electron chi connectivity index (χ2n) is 7.92. The number of rotatable bonds is 7. The monoisotopic (exact) mass is 411 g/mol. The summed E-state index contributed by atoms with van der Waals surface area (Å²) in [5, 5.41) is 6.65. The third-order valence-electron chi connectivity index (χ3n) is 5.38. The van der Waals surface area contributed by atoms with Gasteiger partial charge in [0.25, 0.3) is 0 Å². The van der Waals surface area contributed by atoms with E-state index in [9.17, 15) is 4.39 Å². The predicted molar refractivity (Wildman–Crippen MR) is 122 cm³/mol. The zero-order chi connectivity index (χ0) is 21.2. The normalized spacial score (nSPS) is 16.3. The molecule has 0 amide bonds. The summed E-state index contributed by atoms with van der Waals surface area (Å²) in [5.74, 6) is 0.541. The molecule has 1 aliphatic heterocycles. The first-order chi connectivity index (χ1) is 14.6.